The van der Waals surface area contributed by atoms with Crippen molar-refractivity contribution in [2.24, 2.45) is 0 Å². The van der Waals surface area contributed by atoms with Gasteiger partial charge >= 0.3 is 0 Å². The maximum Gasteiger partial charge on any atom is 0.229 e. The molecule has 3 nitrogen and oxygen atoms in total. The van der Waals surface area contributed by atoms with Gasteiger partial charge in [0.15, 0.2) is 0 Å². The maximum absolute atomic E-state index is 3.94. The van der Waals surface area contributed by atoms with Gasteiger partial charge in [0.05, 0.1) is 0 Å². The molecule has 6 heteroatoms. The summed E-state index contributed by atoms with van der Waals surface area (Å²) in [4.78, 5) is 0. The molecular weight excluding hydrogens is 234 g/mol. The van der Waals surface area contributed by atoms with E-state index in [1.54, 1.807) is 0 Å². The average Bonchev–Trinajstić information content (AvgIpc) is 2.19. The molecule has 0 saturated carbocycles. The van der Waals surface area contributed by atoms with Crippen molar-refractivity contribution >= 4 is 27.4 Å². The Morgan fingerprint density at radius 2 is 0.867 bits per heavy atom. The minimum Gasteiger partial charge on any atom is -0.404 e. The van der Waals surface area contributed by atoms with Crippen molar-refractivity contribution in [2.75, 3.05) is 0 Å². The molecule has 1 fully saturated rings. The van der Waals surface area contributed by atoms with Crippen molar-refractivity contribution in [3.8, 4) is 0 Å². The molecule has 0 N–H and O–H groups in total. The van der Waals surface area contributed by atoms with E-state index >= 15 is 0 Å². The first-order chi connectivity index (χ1) is 7.08. The van der Waals surface area contributed by atoms with Crippen molar-refractivity contribution in [2.45, 2.75) is 19.6 Å². The highest BCUT2D eigenvalue weighted by molar-refractivity contribution is 6.85. The Hall–Kier alpha value is -0.729. The van der Waals surface area contributed by atoms with E-state index in [1.807, 2.05) is 18.6 Å². The summed E-state index contributed by atoms with van der Waals surface area (Å²) in [5.41, 5.74) is 0. The molecule has 0 spiro atoms. The SMILES string of the molecule is C=CN1[SiH](C)N(C=C)[SiH](C)N(C=C)[SiH]1C. The Morgan fingerprint density at radius 3 is 1.00 bits per heavy atom. The zero-order chi connectivity index (χ0) is 11.6. The second kappa shape index (κ2) is 4.86. The first-order valence-corrected chi connectivity index (χ1v) is 11.8. The van der Waals surface area contributed by atoms with E-state index in [4.69, 9.17) is 0 Å². The molecule has 1 rings (SSSR count). The van der Waals surface area contributed by atoms with E-state index in [0.29, 0.717) is 0 Å². The van der Waals surface area contributed by atoms with E-state index in [-0.39, 0.29) is 0 Å². The molecule has 1 heterocycles. The van der Waals surface area contributed by atoms with Crippen LogP contribution in [0.3, 0.4) is 0 Å². The van der Waals surface area contributed by atoms with Crippen LogP contribution in [0.2, 0.25) is 19.6 Å². The molecular formula is C9H21N3Si3. The Labute approximate surface area is 98.3 Å². The van der Waals surface area contributed by atoms with Gasteiger partial charge in [0.1, 0.15) is 0 Å². The largest absolute Gasteiger partial charge is 0.404 e. The highest BCUT2D eigenvalue weighted by atomic mass is 28.4. The van der Waals surface area contributed by atoms with E-state index in [9.17, 15) is 0 Å². The Balaban J connectivity index is 3.01. The highest BCUT2D eigenvalue weighted by Gasteiger charge is 2.38. The third-order valence-corrected chi connectivity index (χ3v) is 17.4. The number of hydrogen-bond donors (Lipinski definition) is 0. The van der Waals surface area contributed by atoms with Crippen molar-refractivity contribution in [3.05, 3.63) is 38.3 Å². The van der Waals surface area contributed by atoms with Crippen LogP contribution in [0.4, 0.5) is 0 Å². The van der Waals surface area contributed by atoms with Crippen LogP contribution >= 0.6 is 0 Å². The van der Waals surface area contributed by atoms with Crippen molar-refractivity contribution in [1.82, 2.24) is 12.7 Å². The van der Waals surface area contributed by atoms with Gasteiger partial charge in [-0.25, -0.2) is 0 Å². The molecule has 0 aromatic rings. The first-order valence-electron chi connectivity index (χ1n) is 5.28. The summed E-state index contributed by atoms with van der Waals surface area (Å²) in [6.45, 7) is 18.9. The minimum absolute atomic E-state index is 1.03. The summed E-state index contributed by atoms with van der Waals surface area (Å²) in [6.07, 6.45) is 6.04. The van der Waals surface area contributed by atoms with E-state index < -0.39 is 27.4 Å². The van der Waals surface area contributed by atoms with Gasteiger partial charge in [-0.05, 0) is 38.2 Å². The van der Waals surface area contributed by atoms with Crippen LogP contribution < -0.4 is 0 Å². The normalized spacial score (nSPS) is 31.4. The van der Waals surface area contributed by atoms with E-state index in [2.05, 4.69) is 52.1 Å². The van der Waals surface area contributed by atoms with Crippen LogP contribution in [0.25, 0.3) is 0 Å². The lowest BCUT2D eigenvalue weighted by Crippen LogP contribution is -2.71. The van der Waals surface area contributed by atoms with Gasteiger partial charge in [-0.1, -0.05) is 19.7 Å². The van der Waals surface area contributed by atoms with Crippen LogP contribution in [-0.2, 0) is 0 Å². The smallest absolute Gasteiger partial charge is 0.229 e. The molecule has 1 aliphatic heterocycles. The predicted molar refractivity (Wildman–Crippen MR) is 75.1 cm³/mol. The highest BCUT2D eigenvalue weighted by Crippen LogP contribution is 2.19. The number of rotatable bonds is 3. The van der Waals surface area contributed by atoms with Crippen molar-refractivity contribution in [1.29, 1.82) is 0 Å². The summed E-state index contributed by atoms with van der Waals surface area (Å²) >= 11 is 0. The second-order valence-electron chi connectivity index (χ2n) is 3.78. The fourth-order valence-electron chi connectivity index (χ4n) is 2.31. The average molecular weight is 256 g/mol. The Bertz CT molecular complexity index is 217. The van der Waals surface area contributed by atoms with E-state index in [0.717, 1.165) is 0 Å². The predicted octanol–water partition coefficient (Wildman–Crippen LogP) is 0.887. The summed E-state index contributed by atoms with van der Waals surface area (Å²) in [7, 11) is -3.08. The topological polar surface area (TPSA) is 9.72 Å². The van der Waals surface area contributed by atoms with Crippen LogP contribution in [0, 0.1) is 0 Å². The molecule has 1 aliphatic rings. The van der Waals surface area contributed by atoms with Crippen LogP contribution in [0.5, 0.6) is 0 Å². The monoisotopic (exact) mass is 255 g/mol. The van der Waals surface area contributed by atoms with E-state index in [1.165, 1.54) is 0 Å². The van der Waals surface area contributed by atoms with Crippen LogP contribution in [0.1, 0.15) is 0 Å². The Kier molecular flexibility index (Phi) is 4.00. The van der Waals surface area contributed by atoms with Gasteiger partial charge in [0, 0.05) is 0 Å². The molecule has 1 saturated heterocycles. The zero-order valence-electron chi connectivity index (χ0n) is 9.93. The van der Waals surface area contributed by atoms with Gasteiger partial charge < -0.3 is 12.7 Å². The molecule has 0 unspecified atom stereocenters. The molecule has 0 aromatic heterocycles. The molecule has 0 atom stereocenters. The Morgan fingerprint density at radius 1 is 0.667 bits per heavy atom. The fourth-order valence-corrected chi connectivity index (χ4v) is 16.7. The van der Waals surface area contributed by atoms with Gasteiger partial charge in [0.2, 0.25) is 27.4 Å². The molecule has 0 aromatic carbocycles. The maximum atomic E-state index is 3.94. The lowest BCUT2D eigenvalue weighted by atomic mass is 11.1. The second-order valence-corrected chi connectivity index (χ2v) is 12.9. The molecule has 0 bridgehead atoms. The summed E-state index contributed by atoms with van der Waals surface area (Å²) in [5, 5.41) is 0. The molecule has 0 aliphatic carbocycles. The number of hydrogen-bond acceptors (Lipinski definition) is 3. The van der Waals surface area contributed by atoms with Crippen LogP contribution in [-0.4, -0.2) is 40.1 Å². The molecule has 0 radical (unpaired) electrons. The number of nitrogens with zero attached hydrogens (tertiary/aromatic N) is 3. The minimum atomic E-state index is -1.03. The van der Waals surface area contributed by atoms with Crippen molar-refractivity contribution in [3.63, 3.8) is 0 Å². The lowest BCUT2D eigenvalue weighted by Gasteiger charge is -2.53. The molecule has 0 amide bonds. The standard InChI is InChI=1S/C9H21N3Si3/c1-7-10-13(4)11(8-2)15(6)12(9-3)14(10)5/h7-9,13-15H,1-3H2,4-6H3. The quantitative estimate of drug-likeness (QED) is 0.694. The van der Waals surface area contributed by atoms with Crippen LogP contribution in [0.15, 0.2) is 38.3 Å². The molecule has 15 heavy (non-hydrogen) atoms. The fraction of sp³-hybridized carbons (Fsp3) is 0.333. The first kappa shape index (κ1) is 12.3. The third-order valence-electron chi connectivity index (χ3n) is 3.22. The van der Waals surface area contributed by atoms with Gasteiger partial charge in [-0.2, -0.15) is 0 Å². The summed E-state index contributed by atoms with van der Waals surface area (Å²) in [5.74, 6) is 0. The van der Waals surface area contributed by atoms with Gasteiger partial charge in [-0.15, -0.1) is 0 Å². The zero-order valence-corrected chi connectivity index (χ0v) is 13.4. The lowest BCUT2D eigenvalue weighted by molar-refractivity contribution is 0.615. The third kappa shape index (κ3) is 1.97. The summed E-state index contributed by atoms with van der Waals surface area (Å²) in [6, 6.07) is 0. The molecule has 84 valence electrons. The van der Waals surface area contributed by atoms with Crippen molar-refractivity contribution < 1.29 is 0 Å². The van der Waals surface area contributed by atoms with Gasteiger partial charge in [0.25, 0.3) is 0 Å². The van der Waals surface area contributed by atoms with Gasteiger partial charge in [-0.3, -0.25) is 0 Å². The summed E-state index contributed by atoms with van der Waals surface area (Å²) < 4.78 is 7.49.